The topological polar surface area (TPSA) is 254 Å². The number of carbonyl (C=O) groups is 1. The minimum Gasteiger partial charge on any atom is -0.459 e. The van der Waals surface area contributed by atoms with Gasteiger partial charge < -0.3 is 63.8 Å². The highest BCUT2D eigenvalue weighted by Gasteiger charge is 2.53. The summed E-state index contributed by atoms with van der Waals surface area (Å²) >= 11 is 0. The molecule has 3 aliphatic heterocycles. The number of esters is 1. The smallest absolute Gasteiger partial charge is 0.311 e. The van der Waals surface area contributed by atoms with Crippen molar-refractivity contribution in [3.05, 3.63) is 46.3 Å². The fourth-order valence-corrected chi connectivity index (χ4v) is 10.4. The normalized spacial score (nSPS) is 41.1. The Hall–Kier alpha value is -3.25. The maximum absolute atomic E-state index is 14.4. The van der Waals surface area contributed by atoms with E-state index in [1.807, 2.05) is 37.7 Å². The highest BCUT2D eigenvalue weighted by atomic mass is 16.7. The van der Waals surface area contributed by atoms with E-state index in [1.165, 1.54) is 30.8 Å². The summed E-state index contributed by atoms with van der Waals surface area (Å²) in [4.78, 5) is 29.2. The number of hydrogen-bond donors (Lipinski definition) is 5. The molecular weight excluding hydrogens is 873 g/mol. The highest BCUT2D eigenvalue weighted by Crippen LogP contribution is 2.40. The first-order valence-electron chi connectivity index (χ1n) is 23.7. The molecular formula is C47H78N6O14. The van der Waals surface area contributed by atoms with Gasteiger partial charge in [0, 0.05) is 63.2 Å². The molecule has 5 N–H and O–H groups in total. The molecule has 0 unspecified atom stereocenters. The SMILES string of the molecule is CC[C@H]1OC(=O)[C@H](C)[C@@H](O[C@H]2C[C@@](C)(OC)[C@@H](O)[C@H](C)O2)[C@H](C)[C@@H](O[C@@H]2O[C@H](C)C[C@H](N(C)CCc3cn(-c4cccc([N+](=O)[O-])c4)nn3)[C@H]2O)[C@](C)(O)C[C@@H](C)CN(C)[C@H](C)[C@@H](O)[C@]1(C)O. The fourth-order valence-electron chi connectivity index (χ4n) is 10.4. The van der Waals surface area contributed by atoms with Crippen LogP contribution in [0.1, 0.15) is 101 Å². The van der Waals surface area contributed by atoms with Crippen LogP contribution in [-0.2, 0) is 39.6 Å². The molecule has 18 atom stereocenters. The van der Waals surface area contributed by atoms with E-state index >= 15 is 0 Å². The average molecular weight is 951 g/mol. The summed E-state index contributed by atoms with van der Waals surface area (Å²) in [6.45, 7) is 18.2. The minimum atomic E-state index is -1.85. The van der Waals surface area contributed by atoms with E-state index in [0.717, 1.165) is 0 Å². The van der Waals surface area contributed by atoms with Crippen LogP contribution in [0.25, 0.3) is 5.69 Å². The fraction of sp³-hybridized carbons (Fsp3) is 0.809. The van der Waals surface area contributed by atoms with Gasteiger partial charge >= 0.3 is 5.97 Å². The lowest BCUT2D eigenvalue weighted by Gasteiger charge is -2.49. The number of likely N-dealkylation sites (N-methyl/N-ethyl adjacent to an activating group) is 2. The van der Waals surface area contributed by atoms with Gasteiger partial charge in [-0.25, -0.2) is 4.68 Å². The summed E-state index contributed by atoms with van der Waals surface area (Å²) in [5, 5.41) is 79.3. The Morgan fingerprint density at radius 3 is 2.34 bits per heavy atom. The average Bonchev–Trinajstić information content (AvgIpc) is 3.75. The van der Waals surface area contributed by atoms with Crippen LogP contribution in [0.3, 0.4) is 0 Å². The molecule has 67 heavy (non-hydrogen) atoms. The number of benzene rings is 1. The molecule has 1 aromatic heterocycles. The Morgan fingerprint density at radius 1 is 1.01 bits per heavy atom. The van der Waals surface area contributed by atoms with E-state index in [0.29, 0.717) is 37.3 Å². The third-order valence-electron chi connectivity index (χ3n) is 14.7. The molecule has 3 fully saturated rings. The standard InChI is InChI=1S/C47H78N6O14/c1-14-36-47(10,59)40(55)30(6)51(12)24-26(2)22-45(8,58)42(28(4)39(29(5)43(57)65-36)66-37-23-46(9,62-13)41(56)31(7)64-37)67-44-38(54)35(20-27(3)63-44)50(11)19-18-32-25-52(49-48-32)33-16-15-17-34(21-33)53(60)61/h15-17,21,25-31,35-42,44,54-56,58-59H,14,18-20,22-24H2,1-13H3/t26-,27-,28+,29-,30-,31+,35+,36-,37+,38-,39+,40-,41+,42-,44+,45-,46-,47-/m1/s1. The maximum Gasteiger partial charge on any atom is 0.311 e. The van der Waals surface area contributed by atoms with Gasteiger partial charge in [0.15, 0.2) is 12.6 Å². The van der Waals surface area contributed by atoms with Crippen LogP contribution in [0.4, 0.5) is 5.69 Å². The Kier molecular flexibility index (Phi) is 18.1. The highest BCUT2D eigenvalue weighted by molar-refractivity contribution is 5.73. The van der Waals surface area contributed by atoms with Gasteiger partial charge in [-0.1, -0.05) is 32.1 Å². The molecule has 380 valence electrons. The van der Waals surface area contributed by atoms with Gasteiger partial charge in [-0.2, -0.15) is 0 Å². The number of aromatic nitrogens is 3. The van der Waals surface area contributed by atoms with Gasteiger partial charge in [0.05, 0.1) is 64.0 Å². The van der Waals surface area contributed by atoms with Crippen molar-refractivity contribution < 1.29 is 63.7 Å². The monoisotopic (exact) mass is 951 g/mol. The first kappa shape index (κ1) is 54.7. The van der Waals surface area contributed by atoms with Crippen molar-refractivity contribution in [1.29, 1.82) is 0 Å². The van der Waals surface area contributed by atoms with Crippen molar-refractivity contribution in [3.63, 3.8) is 0 Å². The Labute approximate surface area is 394 Å². The Morgan fingerprint density at radius 2 is 1.70 bits per heavy atom. The van der Waals surface area contributed by atoms with Crippen molar-refractivity contribution in [2.24, 2.45) is 17.8 Å². The second-order valence-electron chi connectivity index (χ2n) is 20.4. The molecule has 3 saturated heterocycles. The molecule has 5 rings (SSSR count). The van der Waals surface area contributed by atoms with Gasteiger partial charge in [-0.15, -0.1) is 5.10 Å². The lowest BCUT2D eigenvalue weighted by Crippen LogP contribution is -2.61. The maximum atomic E-state index is 14.4. The molecule has 0 radical (unpaired) electrons. The largest absolute Gasteiger partial charge is 0.459 e. The van der Waals surface area contributed by atoms with Crippen molar-refractivity contribution in [1.82, 2.24) is 24.8 Å². The van der Waals surface area contributed by atoms with Crippen molar-refractivity contribution in [3.8, 4) is 5.69 Å². The van der Waals surface area contributed by atoms with Crippen LogP contribution >= 0.6 is 0 Å². The zero-order valence-corrected chi connectivity index (χ0v) is 41.6. The van der Waals surface area contributed by atoms with Crippen molar-refractivity contribution >= 4 is 11.7 Å². The Balaban J connectivity index is 1.47. The molecule has 0 amide bonds. The van der Waals surface area contributed by atoms with E-state index < -0.39 is 113 Å². The number of methoxy groups -OCH3 is 1. The third kappa shape index (κ3) is 12.6. The Bertz CT molecular complexity index is 1940. The summed E-state index contributed by atoms with van der Waals surface area (Å²) in [5.41, 5.74) is -3.51. The quantitative estimate of drug-likeness (QED) is 0.116. The zero-order valence-electron chi connectivity index (χ0n) is 41.6. The summed E-state index contributed by atoms with van der Waals surface area (Å²) in [6, 6.07) is 5.04. The second kappa shape index (κ2) is 22.2. The zero-order chi connectivity index (χ0) is 49.9. The number of nitro benzene ring substituents is 1. The van der Waals surface area contributed by atoms with Gasteiger partial charge in [0.2, 0.25) is 0 Å². The number of cyclic esters (lactones) is 1. The van der Waals surface area contributed by atoms with Crippen LogP contribution in [0, 0.1) is 27.9 Å². The lowest BCUT2D eigenvalue weighted by atomic mass is 9.77. The molecule has 2 aromatic rings. The van der Waals surface area contributed by atoms with Gasteiger partial charge in [0.1, 0.15) is 30.0 Å². The van der Waals surface area contributed by atoms with E-state index in [1.54, 1.807) is 66.8 Å². The van der Waals surface area contributed by atoms with E-state index in [9.17, 15) is 40.4 Å². The number of aliphatic hydroxyl groups excluding tert-OH is 3. The number of rotatable bonds is 12. The molecule has 3 aliphatic rings. The molecule has 4 heterocycles. The number of ether oxygens (including phenoxy) is 6. The van der Waals surface area contributed by atoms with Gasteiger partial charge in [0.25, 0.3) is 5.69 Å². The molecule has 0 bridgehead atoms. The number of carbonyl (C=O) groups excluding carboxylic acids is 1. The lowest BCUT2D eigenvalue weighted by molar-refractivity contribution is -0.384. The number of nitrogens with zero attached hydrogens (tertiary/aromatic N) is 6. The predicted molar refractivity (Wildman–Crippen MR) is 245 cm³/mol. The van der Waals surface area contributed by atoms with E-state index in [2.05, 4.69) is 10.3 Å². The van der Waals surface area contributed by atoms with Gasteiger partial charge in [-0.05, 0) is 93.8 Å². The molecule has 20 nitrogen and oxygen atoms in total. The molecule has 1 aromatic carbocycles. The number of hydrogen-bond acceptors (Lipinski definition) is 18. The third-order valence-corrected chi connectivity index (χ3v) is 14.7. The summed E-state index contributed by atoms with van der Waals surface area (Å²) < 4.78 is 39.6. The minimum absolute atomic E-state index is 0.0663. The van der Waals surface area contributed by atoms with Crippen LogP contribution in [-0.4, -0.2) is 186 Å². The summed E-state index contributed by atoms with van der Waals surface area (Å²) in [6.07, 6.45) is -7.23. The van der Waals surface area contributed by atoms with E-state index in [-0.39, 0.29) is 30.9 Å². The first-order valence-corrected chi connectivity index (χ1v) is 23.7. The number of nitro groups is 1. The molecule has 20 heteroatoms. The van der Waals surface area contributed by atoms with Crippen LogP contribution < -0.4 is 0 Å². The van der Waals surface area contributed by atoms with Crippen LogP contribution in [0.15, 0.2) is 30.5 Å². The molecule has 0 spiro atoms. The molecule has 0 saturated carbocycles. The van der Waals surface area contributed by atoms with Crippen molar-refractivity contribution in [2.45, 2.75) is 192 Å². The van der Waals surface area contributed by atoms with Crippen molar-refractivity contribution in [2.75, 3.05) is 34.3 Å². The van der Waals surface area contributed by atoms with Crippen LogP contribution in [0.2, 0.25) is 0 Å². The first-order chi connectivity index (χ1) is 31.2. The number of aliphatic hydroxyl groups is 5. The van der Waals surface area contributed by atoms with Crippen LogP contribution in [0.5, 0.6) is 0 Å². The van der Waals surface area contributed by atoms with Gasteiger partial charge in [-0.3, -0.25) is 14.9 Å². The number of non-ortho nitro benzene ring substituents is 1. The predicted octanol–water partition coefficient (Wildman–Crippen LogP) is 3.00. The molecule has 0 aliphatic carbocycles. The summed E-state index contributed by atoms with van der Waals surface area (Å²) in [5.74, 6) is -2.86. The second-order valence-corrected chi connectivity index (χ2v) is 20.4. The summed E-state index contributed by atoms with van der Waals surface area (Å²) in [7, 11) is 5.19. The van der Waals surface area contributed by atoms with E-state index in [4.69, 9.17) is 28.4 Å².